The number of hydrogen-bond donors (Lipinski definition) is 1. The van der Waals surface area contributed by atoms with Gasteiger partial charge in [-0.1, -0.05) is 22.0 Å². The van der Waals surface area contributed by atoms with Crippen LogP contribution in [0.1, 0.15) is 23.5 Å². The van der Waals surface area contributed by atoms with E-state index in [9.17, 15) is 0 Å². The van der Waals surface area contributed by atoms with Crippen LogP contribution in [0.25, 0.3) is 5.69 Å². The van der Waals surface area contributed by atoms with Gasteiger partial charge in [0.2, 0.25) is 0 Å². The van der Waals surface area contributed by atoms with Crippen molar-refractivity contribution in [1.82, 2.24) is 24.7 Å². The molecule has 1 N–H and O–H groups in total. The zero-order valence-corrected chi connectivity index (χ0v) is 20.1. The van der Waals surface area contributed by atoms with Gasteiger partial charge in [-0.15, -0.1) is 0 Å². The third kappa shape index (κ3) is 4.45. The Kier molecular flexibility index (Phi) is 6.54. The van der Waals surface area contributed by atoms with Crippen molar-refractivity contribution in [3.63, 3.8) is 0 Å². The van der Waals surface area contributed by atoms with Crippen LogP contribution in [-0.2, 0) is 4.74 Å². The lowest BCUT2D eigenvalue weighted by Gasteiger charge is -2.32. The number of ether oxygens (including phenoxy) is 1. The van der Waals surface area contributed by atoms with Gasteiger partial charge >= 0.3 is 0 Å². The number of benzene rings is 1. The van der Waals surface area contributed by atoms with Gasteiger partial charge in [-0.25, -0.2) is 0 Å². The molecular weight excluding hydrogens is 486 g/mol. The fraction of sp³-hybridized carbons (Fsp3) is 0.333. The molecule has 0 amide bonds. The van der Waals surface area contributed by atoms with E-state index in [1.807, 2.05) is 18.3 Å². The minimum atomic E-state index is -0.0162. The first kappa shape index (κ1) is 21.6. The van der Waals surface area contributed by atoms with Gasteiger partial charge < -0.3 is 19.5 Å². The number of rotatable bonds is 6. The summed E-state index contributed by atoms with van der Waals surface area (Å²) in [6, 6.07) is 18.8. The molecule has 0 aliphatic carbocycles. The molecule has 3 aromatic rings. The zero-order valence-electron chi connectivity index (χ0n) is 17.7. The Morgan fingerprint density at radius 3 is 2.59 bits per heavy atom. The van der Waals surface area contributed by atoms with Crippen LogP contribution in [0.15, 0.2) is 71.5 Å². The summed E-state index contributed by atoms with van der Waals surface area (Å²) >= 11 is 9.38. The highest BCUT2D eigenvalue weighted by molar-refractivity contribution is 9.10. The van der Waals surface area contributed by atoms with E-state index in [2.05, 4.69) is 89.3 Å². The molecule has 8 heteroatoms. The van der Waals surface area contributed by atoms with E-state index in [1.165, 1.54) is 5.69 Å². The van der Waals surface area contributed by atoms with Crippen LogP contribution in [0.5, 0.6) is 0 Å². The van der Waals surface area contributed by atoms with Crippen molar-refractivity contribution in [2.75, 3.05) is 39.4 Å². The summed E-state index contributed by atoms with van der Waals surface area (Å²) in [6.07, 6.45) is 3.97. The molecule has 0 radical (unpaired) electrons. The van der Waals surface area contributed by atoms with Crippen LogP contribution >= 0.6 is 28.1 Å². The molecule has 0 spiro atoms. The largest absolute Gasteiger partial charge is 0.379 e. The van der Waals surface area contributed by atoms with E-state index >= 15 is 0 Å². The van der Waals surface area contributed by atoms with Crippen molar-refractivity contribution in [3.8, 4) is 5.69 Å². The van der Waals surface area contributed by atoms with Crippen molar-refractivity contribution in [3.05, 3.63) is 82.9 Å². The molecule has 0 unspecified atom stereocenters. The van der Waals surface area contributed by atoms with Crippen molar-refractivity contribution < 1.29 is 4.74 Å². The first-order valence-corrected chi connectivity index (χ1v) is 12.1. The second kappa shape index (κ2) is 9.70. The summed E-state index contributed by atoms with van der Waals surface area (Å²) in [5.41, 5.74) is 3.31. The second-order valence-electron chi connectivity index (χ2n) is 8.05. The van der Waals surface area contributed by atoms with Crippen LogP contribution in [0.2, 0.25) is 0 Å². The molecule has 32 heavy (non-hydrogen) atoms. The maximum absolute atomic E-state index is 5.84. The van der Waals surface area contributed by atoms with E-state index in [0.717, 1.165) is 60.4 Å². The number of thiocarbonyl (C=S) groups is 1. The van der Waals surface area contributed by atoms with Gasteiger partial charge in [0.15, 0.2) is 5.11 Å². The fourth-order valence-corrected chi connectivity index (χ4v) is 5.11. The highest BCUT2D eigenvalue weighted by Gasteiger charge is 2.41. The molecule has 2 atom stereocenters. The molecule has 2 aliphatic rings. The lowest BCUT2D eigenvalue weighted by molar-refractivity contribution is 0.0349. The van der Waals surface area contributed by atoms with Crippen LogP contribution in [0.4, 0.5) is 0 Å². The minimum Gasteiger partial charge on any atom is -0.379 e. The van der Waals surface area contributed by atoms with E-state index in [0.29, 0.717) is 0 Å². The SMILES string of the molecule is S=C1N[C@H](c2ccccn2)[C@@H](c2cccn2-c2ccc(Br)cc2)N1CCN1CCOCC1. The maximum atomic E-state index is 5.84. The molecule has 0 bridgehead atoms. The van der Waals surface area contributed by atoms with E-state index in [-0.39, 0.29) is 12.1 Å². The molecule has 2 saturated heterocycles. The third-order valence-electron chi connectivity index (χ3n) is 6.15. The maximum Gasteiger partial charge on any atom is 0.170 e. The first-order chi connectivity index (χ1) is 15.7. The average Bonchev–Trinajstić information content (AvgIpc) is 3.43. The topological polar surface area (TPSA) is 45.6 Å². The van der Waals surface area contributed by atoms with Gasteiger partial charge in [-0.05, 0) is 60.7 Å². The van der Waals surface area contributed by atoms with Crippen LogP contribution in [0.3, 0.4) is 0 Å². The predicted molar refractivity (Wildman–Crippen MR) is 133 cm³/mol. The molecule has 166 valence electrons. The van der Waals surface area contributed by atoms with Crippen LogP contribution in [0, 0.1) is 0 Å². The van der Waals surface area contributed by atoms with Crippen LogP contribution in [-0.4, -0.2) is 63.9 Å². The molecule has 4 heterocycles. The Morgan fingerprint density at radius 1 is 1.03 bits per heavy atom. The highest BCUT2D eigenvalue weighted by atomic mass is 79.9. The van der Waals surface area contributed by atoms with E-state index in [4.69, 9.17) is 17.0 Å². The molecule has 2 aliphatic heterocycles. The molecule has 2 aromatic heterocycles. The summed E-state index contributed by atoms with van der Waals surface area (Å²) in [4.78, 5) is 9.44. The van der Waals surface area contributed by atoms with Crippen molar-refractivity contribution in [2.45, 2.75) is 12.1 Å². The lowest BCUT2D eigenvalue weighted by Crippen LogP contribution is -2.42. The first-order valence-electron chi connectivity index (χ1n) is 10.9. The summed E-state index contributed by atoms with van der Waals surface area (Å²) in [6.45, 7) is 5.35. The number of nitrogens with zero attached hydrogens (tertiary/aromatic N) is 4. The Bertz CT molecular complexity index is 1050. The Labute approximate surface area is 202 Å². The molecule has 5 rings (SSSR count). The Morgan fingerprint density at radius 2 is 1.84 bits per heavy atom. The molecule has 6 nitrogen and oxygen atoms in total. The number of pyridine rings is 1. The average molecular weight is 512 g/mol. The number of morpholine rings is 1. The third-order valence-corrected chi connectivity index (χ3v) is 7.03. The summed E-state index contributed by atoms with van der Waals surface area (Å²) in [5, 5.41) is 4.35. The van der Waals surface area contributed by atoms with Crippen molar-refractivity contribution >= 4 is 33.3 Å². The van der Waals surface area contributed by atoms with Crippen LogP contribution < -0.4 is 5.32 Å². The van der Waals surface area contributed by atoms with Gasteiger partial charge in [0.1, 0.15) is 0 Å². The van der Waals surface area contributed by atoms with Gasteiger partial charge in [-0.2, -0.15) is 0 Å². The summed E-state index contributed by atoms with van der Waals surface area (Å²) in [7, 11) is 0. The number of nitrogens with one attached hydrogen (secondary N) is 1. The standard InChI is InChI=1S/C24H26BrN5OS/c25-18-6-8-19(9-7-18)29-11-3-5-21(29)23-22(20-4-1-2-10-26-20)27-24(32)30(23)13-12-28-14-16-31-17-15-28/h1-11,22-23H,12-17H2,(H,27,32)/t22-,23-/m1/s1. The van der Waals surface area contributed by atoms with Gasteiger partial charge in [0.25, 0.3) is 0 Å². The molecule has 1 aromatic carbocycles. The minimum absolute atomic E-state index is 0.0162. The van der Waals surface area contributed by atoms with Gasteiger partial charge in [0.05, 0.1) is 31.0 Å². The van der Waals surface area contributed by atoms with Crippen molar-refractivity contribution in [1.29, 1.82) is 0 Å². The Hall–Kier alpha value is -2.26. The Balaban J connectivity index is 1.49. The molecule has 0 saturated carbocycles. The smallest absolute Gasteiger partial charge is 0.170 e. The van der Waals surface area contributed by atoms with Gasteiger partial charge in [-0.3, -0.25) is 9.88 Å². The van der Waals surface area contributed by atoms with E-state index < -0.39 is 0 Å². The monoisotopic (exact) mass is 511 g/mol. The number of aromatic nitrogens is 2. The fourth-order valence-electron chi connectivity index (χ4n) is 4.51. The quantitative estimate of drug-likeness (QED) is 0.505. The van der Waals surface area contributed by atoms with E-state index in [1.54, 1.807) is 0 Å². The molecular formula is C24H26BrN5OS. The summed E-state index contributed by atoms with van der Waals surface area (Å²) < 4.78 is 8.83. The van der Waals surface area contributed by atoms with Gasteiger partial charge in [0, 0.05) is 54.4 Å². The summed E-state index contributed by atoms with van der Waals surface area (Å²) in [5.74, 6) is 0. The zero-order chi connectivity index (χ0) is 21.9. The highest BCUT2D eigenvalue weighted by Crippen LogP contribution is 2.39. The number of hydrogen-bond acceptors (Lipinski definition) is 4. The second-order valence-corrected chi connectivity index (χ2v) is 9.36. The van der Waals surface area contributed by atoms with Crippen molar-refractivity contribution in [2.24, 2.45) is 0 Å². The lowest BCUT2D eigenvalue weighted by atomic mass is 10.0. The predicted octanol–water partition coefficient (Wildman–Crippen LogP) is 3.94. The molecule has 2 fully saturated rings. The normalized spacial score (nSPS) is 21.7. The number of halogens is 1.